The Kier molecular flexibility index (Phi) is 3.22. The average molecular weight is 195 g/mol. The summed E-state index contributed by atoms with van der Waals surface area (Å²) in [6.07, 6.45) is 1.67. The fourth-order valence-corrected chi connectivity index (χ4v) is 0.912. The van der Waals surface area contributed by atoms with Crippen molar-refractivity contribution < 1.29 is 4.79 Å². The van der Waals surface area contributed by atoms with Crippen LogP contribution in [0.25, 0.3) is 0 Å². The predicted molar refractivity (Wildman–Crippen MR) is 54.0 cm³/mol. The summed E-state index contributed by atoms with van der Waals surface area (Å²) in [5, 5.41) is 5.63. The summed E-state index contributed by atoms with van der Waals surface area (Å²) in [4.78, 5) is 18.7. The molecule has 0 saturated heterocycles. The summed E-state index contributed by atoms with van der Waals surface area (Å²) in [5.41, 5.74) is 5.87. The maximum absolute atomic E-state index is 10.5. The first-order valence-electron chi connectivity index (χ1n) is 4.17. The summed E-state index contributed by atoms with van der Waals surface area (Å²) in [6, 6.07) is 0. The van der Waals surface area contributed by atoms with E-state index >= 15 is 0 Å². The van der Waals surface area contributed by atoms with Crippen LogP contribution in [0.15, 0.2) is 6.20 Å². The van der Waals surface area contributed by atoms with Crippen molar-refractivity contribution in [1.29, 1.82) is 0 Å². The van der Waals surface area contributed by atoms with Crippen molar-refractivity contribution in [3.63, 3.8) is 0 Å². The fraction of sp³-hybridized carbons (Fsp3) is 0.375. The minimum Gasteiger partial charge on any atom is -0.368 e. The summed E-state index contributed by atoms with van der Waals surface area (Å²) in [5.74, 6) is 0.694. The molecule has 6 nitrogen and oxygen atoms in total. The zero-order valence-electron chi connectivity index (χ0n) is 8.16. The Morgan fingerprint density at radius 2 is 2.36 bits per heavy atom. The molecule has 0 radical (unpaired) electrons. The third kappa shape index (κ3) is 2.58. The molecule has 1 rings (SSSR count). The van der Waals surface area contributed by atoms with Gasteiger partial charge in [-0.25, -0.2) is 4.98 Å². The van der Waals surface area contributed by atoms with Gasteiger partial charge in [-0.1, -0.05) is 0 Å². The number of amides is 1. The molecule has 0 aliphatic heterocycles. The largest absolute Gasteiger partial charge is 0.368 e. The number of aromatic nitrogens is 2. The van der Waals surface area contributed by atoms with Crippen LogP contribution in [0.2, 0.25) is 0 Å². The number of nitrogens with one attached hydrogen (secondary N) is 2. The molecule has 0 aromatic carbocycles. The van der Waals surface area contributed by atoms with Gasteiger partial charge in [-0.3, -0.25) is 4.79 Å². The normalized spacial score (nSPS) is 9.57. The molecule has 1 aromatic rings. The van der Waals surface area contributed by atoms with E-state index < -0.39 is 5.91 Å². The topological polar surface area (TPSA) is 92.9 Å². The van der Waals surface area contributed by atoms with Gasteiger partial charge in [-0.15, -0.1) is 0 Å². The highest BCUT2D eigenvalue weighted by Crippen LogP contribution is 2.11. The molecule has 1 heterocycles. The van der Waals surface area contributed by atoms with E-state index in [0.717, 1.165) is 5.56 Å². The molecule has 0 atom stereocenters. The van der Waals surface area contributed by atoms with Crippen LogP contribution in [-0.4, -0.2) is 29.5 Å². The maximum atomic E-state index is 10.5. The third-order valence-electron chi connectivity index (χ3n) is 1.63. The van der Waals surface area contributed by atoms with E-state index in [1.165, 1.54) is 0 Å². The molecule has 1 amide bonds. The summed E-state index contributed by atoms with van der Waals surface area (Å²) < 4.78 is 0. The van der Waals surface area contributed by atoms with E-state index in [1.54, 1.807) is 13.2 Å². The van der Waals surface area contributed by atoms with E-state index in [0.29, 0.717) is 11.8 Å². The number of aryl methyl sites for hydroxylation is 1. The molecule has 6 heteroatoms. The number of carbonyl (C=O) groups excluding carboxylic acids is 1. The van der Waals surface area contributed by atoms with Gasteiger partial charge in [0, 0.05) is 18.8 Å². The van der Waals surface area contributed by atoms with Crippen LogP contribution in [0.3, 0.4) is 0 Å². The lowest BCUT2D eigenvalue weighted by Crippen LogP contribution is -2.22. The number of nitrogens with two attached hydrogens (primary N) is 1. The molecule has 0 fully saturated rings. The van der Waals surface area contributed by atoms with Crippen molar-refractivity contribution in [2.45, 2.75) is 6.92 Å². The fourth-order valence-electron chi connectivity index (χ4n) is 0.912. The van der Waals surface area contributed by atoms with Crippen molar-refractivity contribution in [1.82, 2.24) is 9.97 Å². The second kappa shape index (κ2) is 4.40. The van der Waals surface area contributed by atoms with E-state index in [4.69, 9.17) is 5.73 Å². The smallest absolute Gasteiger partial charge is 0.236 e. The van der Waals surface area contributed by atoms with E-state index in [2.05, 4.69) is 20.6 Å². The summed E-state index contributed by atoms with van der Waals surface area (Å²) >= 11 is 0. The first-order chi connectivity index (χ1) is 6.63. The highest BCUT2D eigenvalue weighted by molar-refractivity contribution is 5.78. The molecule has 0 unspecified atom stereocenters. The lowest BCUT2D eigenvalue weighted by Gasteiger charge is -2.07. The van der Waals surface area contributed by atoms with E-state index in [-0.39, 0.29) is 6.54 Å². The second-order valence-electron chi connectivity index (χ2n) is 2.80. The molecule has 76 valence electrons. The zero-order valence-corrected chi connectivity index (χ0v) is 8.16. The second-order valence-corrected chi connectivity index (χ2v) is 2.80. The monoisotopic (exact) mass is 195 g/mol. The molecule has 0 spiro atoms. The summed E-state index contributed by atoms with van der Waals surface area (Å²) in [7, 11) is 1.72. The Balaban J connectivity index is 2.78. The number of nitrogens with zero attached hydrogens (tertiary/aromatic N) is 2. The van der Waals surface area contributed by atoms with Crippen LogP contribution in [-0.2, 0) is 4.79 Å². The number of anilines is 2. The maximum Gasteiger partial charge on any atom is 0.236 e. The van der Waals surface area contributed by atoms with Crippen LogP contribution >= 0.6 is 0 Å². The first-order valence-corrected chi connectivity index (χ1v) is 4.17. The van der Waals surface area contributed by atoms with Crippen molar-refractivity contribution in [2.75, 3.05) is 24.2 Å². The number of rotatable bonds is 4. The lowest BCUT2D eigenvalue weighted by atomic mass is 10.3. The molecule has 0 bridgehead atoms. The van der Waals surface area contributed by atoms with E-state index in [9.17, 15) is 4.79 Å². The standard InChI is InChI=1S/C8H13N5O/c1-5-3-12-8(10-2)13-7(5)11-4-6(9)14/h3H,4H2,1-2H3,(H2,9,14)(H2,10,11,12,13). The highest BCUT2D eigenvalue weighted by Gasteiger charge is 2.02. The number of hydrogen-bond donors (Lipinski definition) is 3. The van der Waals surface area contributed by atoms with Crippen LogP contribution in [0, 0.1) is 6.92 Å². The van der Waals surface area contributed by atoms with Crippen LogP contribution in [0.1, 0.15) is 5.56 Å². The van der Waals surface area contributed by atoms with Gasteiger partial charge in [0.25, 0.3) is 0 Å². The zero-order chi connectivity index (χ0) is 10.6. The van der Waals surface area contributed by atoms with Gasteiger partial charge < -0.3 is 16.4 Å². The Morgan fingerprint density at radius 1 is 1.64 bits per heavy atom. The summed E-state index contributed by atoms with van der Waals surface area (Å²) in [6.45, 7) is 1.92. The Hall–Kier alpha value is -1.85. The van der Waals surface area contributed by atoms with Gasteiger partial charge in [0.1, 0.15) is 5.82 Å². The van der Waals surface area contributed by atoms with Gasteiger partial charge in [0.2, 0.25) is 11.9 Å². The number of hydrogen-bond acceptors (Lipinski definition) is 5. The van der Waals surface area contributed by atoms with Crippen LogP contribution < -0.4 is 16.4 Å². The minimum atomic E-state index is -0.422. The van der Waals surface area contributed by atoms with Crippen molar-refractivity contribution >= 4 is 17.7 Å². The first kappa shape index (κ1) is 10.2. The molecule has 4 N–H and O–H groups in total. The molecular weight excluding hydrogens is 182 g/mol. The minimum absolute atomic E-state index is 0.0704. The van der Waals surface area contributed by atoms with Crippen molar-refractivity contribution in [3.8, 4) is 0 Å². The quantitative estimate of drug-likeness (QED) is 0.614. The van der Waals surface area contributed by atoms with Gasteiger partial charge in [-0.2, -0.15) is 4.98 Å². The SMILES string of the molecule is CNc1ncc(C)c(NCC(N)=O)n1. The van der Waals surface area contributed by atoms with Crippen LogP contribution in [0.5, 0.6) is 0 Å². The highest BCUT2D eigenvalue weighted by atomic mass is 16.1. The lowest BCUT2D eigenvalue weighted by molar-refractivity contribution is -0.116. The average Bonchev–Trinajstić information content (AvgIpc) is 2.16. The molecular formula is C8H13N5O. The predicted octanol–water partition coefficient (Wildman–Crippen LogP) is -0.276. The molecule has 1 aromatic heterocycles. The van der Waals surface area contributed by atoms with E-state index in [1.807, 2.05) is 6.92 Å². The van der Waals surface area contributed by atoms with Crippen molar-refractivity contribution in [2.24, 2.45) is 5.73 Å². The number of carbonyl (C=O) groups is 1. The Morgan fingerprint density at radius 3 is 2.93 bits per heavy atom. The van der Waals surface area contributed by atoms with Crippen LogP contribution in [0.4, 0.5) is 11.8 Å². The molecule has 14 heavy (non-hydrogen) atoms. The van der Waals surface area contributed by atoms with Crippen molar-refractivity contribution in [3.05, 3.63) is 11.8 Å². The van der Waals surface area contributed by atoms with Gasteiger partial charge in [0.05, 0.1) is 6.54 Å². The van der Waals surface area contributed by atoms with Gasteiger partial charge in [-0.05, 0) is 6.92 Å². The molecule has 0 aliphatic carbocycles. The van der Waals surface area contributed by atoms with Gasteiger partial charge >= 0.3 is 0 Å². The van der Waals surface area contributed by atoms with Gasteiger partial charge in [0.15, 0.2) is 0 Å². The Labute approximate surface area is 81.9 Å². The Bertz CT molecular complexity index is 339. The third-order valence-corrected chi connectivity index (χ3v) is 1.63. The molecule has 0 aliphatic rings. The number of primary amides is 1. The molecule has 0 saturated carbocycles.